The van der Waals surface area contributed by atoms with Crippen molar-refractivity contribution in [3.8, 4) is 16.9 Å². The molecule has 0 heterocycles. The molecule has 0 aromatic heterocycles. The molecule has 0 radical (unpaired) electrons. The maximum Gasteiger partial charge on any atom is 0.128 e. The van der Waals surface area contributed by atoms with Gasteiger partial charge in [-0.05, 0) is 35.9 Å². The molecule has 2 N–H and O–H groups in total. The van der Waals surface area contributed by atoms with E-state index in [1.54, 1.807) is 13.2 Å². The quantitative estimate of drug-likeness (QED) is 0.805. The zero-order chi connectivity index (χ0) is 11.5. The zero-order valence-electron chi connectivity index (χ0n) is 8.91. The Hall–Kier alpha value is -1.67. The van der Waals surface area contributed by atoms with Crippen LogP contribution < -0.4 is 10.5 Å². The number of benzene rings is 2. The third kappa shape index (κ3) is 2.12. The average molecular weight is 234 g/mol. The minimum atomic E-state index is 0.663. The fourth-order valence-electron chi connectivity index (χ4n) is 1.57. The first kappa shape index (κ1) is 10.8. The molecule has 3 heteroatoms. The van der Waals surface area contributed by atoms with E-state index >= 15 is 0 Å². The van der Waals surface area contributed by atoms with Crippen LogP contribution in [0.3, 0.4) is 0 Å². The number of hydrogen-bond donors (Lipinski definition) is 1. The fourth-order valence-corrected chi connectivity index (χ4v) is 1.73. The number of anilines is 1. The van der Waals surface area contributed by atoms with Gasteiger partial charge in [0.1, 0.15) is 5.75 Å². The first-order valence-corrected chi connectivity index (χ1v) is 5.28. The van der Waals surface area contributed by atoms with Crippen LogP contribution in [-0.2, 0) is 0 Å². The van der Waals surface area contributed by atoms with Crippen LogP contribution >= 0.6 is 11.6 Å². The van der Waals surface area contributed by atoms with Gasteiger partial charge in [-0.2, -0.15) is 0 Å². The number of methoxy groups -OCH3 is 1. The van der Waals surface area contributed by atoms with Gasteiger partial charge in [-0.25, -0.2) is 0 Å². The van der Waals surface area contributed by atoms with Crippen LogP contribution in [0.5, 0.6) is 5.75 Å². The number of halogens is 1. The van der Waals surface area contributed by atoms with E-state index < -0.39 is 0 Å². The van der Waals surface area contributed by atoms with Gasteiger partial charge in [0.2, 0.25) is 0 Å². The van der Waals surface area contributed by atoms with E-state index in [-0.39, 0.29) is 0 Å². The summed E-state index contributed by atoms with van der Waals surface area (Å²) in [5.41, 5.74) is 8.46. The van der Waals surface area contributed by atoms with Crippen molar-refractivity contribution in [2.75, 3.05) is 12.8 Å². The highest BCUT2D eigenvalue weighted by Gasteiger charge is 2.05. The predicted octanol–water partition coefficient (Wildman–Crippen LogP) is 3.60. The second kappa shape index (κ2) is 4.45. The first-order chi connectivity index (χ1) is 7.70. The Labute approximate surface area is 99.6 Å². The SMILES string of the molecule is COc1cc(Cl)ccc1-c1ccc(N)cc1. The van der Waals surface area contributed by atoms with Gasteiger partial charge in [0.25, 0.3) is 0 Å². The Balaban J connectivity index is 2.51. The van der Waals surface area contributed by atoms with Crippen molar-refractivity contribution < 1.29 is 4.74 Å². The van der Waals surface area contributed by atoms with Crippen molar-refractivity contribution in [3.05, 3.63) is 47.5 Å². The minimum Gasteiger partial charge on any atom is -0.496 e. The number of ether oxygens (including phenoxy) is 1. The van der Waals surface area contributed by atoms with Crippen LogP contribution in [-0.4, -0.2) is 7.11 Å². The maximum absolute atomic E-state index is 5.91. The van der Waals surface area contributed by atoms with Crippen LogP contribution in [0.2, 0.25) is 5.02 Å². The Bertz CT molecular complexity index is 494. The molecular formula is C13H12ClNO. The summed E-state index contributed by atoms with van der Waals surface area (Å²) in [6.07, 6.45) is 0. The standard InChI is InChI=1S/C13H12ClNO/c1-16-13-8-10(14)4-7-12(13)9-2-5-11(15)6-3-9/h2-8H,15H2,1H3. The van der Waals surface area contributed by atoms with E-state index in [9.17, 15) is 0 Å². The molecule has 2 aromatic rings. The van der Waals surface area contributed by atoms with E-state index in [1.165, 1.54) is 0 Å². The van der Waals surface area contributed by atoms with Crippen LogP contribution in [0.25, 0.3) is 11.1 Å². The zero-order valence-corrected chi connectivity index (χ0v) is 9.66. The average Bonchev–Trinajstić information content (AvgIpc) is 2.30. The molecule has 0 atom stereocenters. The summed E-state index contributed by atoms with van der Waals surface area (Å²) < 4.78 is 5.30. The summed E-state index contributed by atoms with van der Waals surface area (Å²) in [4.78, 5) is 0. The van der Waals surface area contributed by atoms with Crippen molar-refractivity contribution >= 4 is 17.3 Å². The van der Waals surface area contributed by atoms with Crippen LogP contribution in [0.1, 0.15) is 0 Å². The van der Waals surface area contributed by atoms with Gasteiger partial charge in [0.15, 0.2) is 0 Å². The third-order valence-electron chi connectivity index (χ3n) is 2.39. The highest BCUT2D eigenvalue weighted by atomic mass is 35.5. The molecule has 2 aromatic carbocycles. The first-order valence-electron chi connectivity index (χ1n) is 4.90. The normalized spacial score (nSPS) is 10.1. The Kier molecular flexibility index (Phi) is 3.02. The van der Waals surface area contributed by atoms with Gasteiger partial charge in [-0.15, -0.1) is 0 Å². The Morgan fingerprint density at radius 2 is 1.75 bits per heavy atom. The number of nitrogens with two attached hydrogens (primary N) is 1. The maximum atomic E-state index is 5.91. The van der Waals surface area contributed by atoms with Gasteiger partial charge < -0.3 is 10.5 Å². The monoisotopic (exact) mass is 233 g/mol. The smallest absolute Gasteiger partial charge is 0.128 e. The molecule has 0 aliphatic carbocycles. The molecule has 0 fully saturated rings. The van der Waals surface area contributed by atoms with E-state index in [0.717, 1.165) is 22.6 Å². The van der Waals surface area contributed by atoms with Crippen molar-refractivity contribution in [2.24, 2.45) is 0 Å². The molecule has 2 nitrogen and oxygen atoms in total. The lowest BCUT2D eigenvalue weighted by molar-refractivity contribution is 0.416. The van der Waals surface area contributed by atoms with Crippen molar-refractivity contribution in [1.29, 1.82) is 0 Å². The van der Waals surface area contributed by atoms with Gasteiger partial charge in [0, 0.05) is 16.3 Å². The fraction of sp³-hybridized carbons (Fsp3) is 0.0769. The van der Waals surface area contributed by atoms with Crippen molar-refractivity contribution in [3.63, 3.8) is 0 Å². The summed E-state index contributed by atoms with van der Waals surface area (Å²) in [6.45, 7) is 0. The van der Waals surface area contributed by atoms with Crippen LogP contribution in [0, 0.1) is 0 Å². The highest BCUT2D eigenvalue weighted by Crippen LogP contribution is 2.32. The van der Waals surface area contributed by atoms with Crippen molar-refractivity contribution in [2.45, 2.75) is 0 Å². The van der Waals surface area contributed by atoms with Crippen LogP contribution in [0.4, 0.5) is 5.69 Å². The lowest BCUT2D eigenvalue weighted by atomic mass is 10.0. The number of rotatable bonds is 2. The number of nitrogen functional groups attached to an aromatic ring is 1. The summed E-state index contributed by atoms with van der Waals surface area (Å²) in [6, 6.07) is 13.2. The van der Waals surface area contributed by atoms with E-state index in [0.29, 0.717) is 5.02 Å². The highest BCUT2D eigenvalue weighted by molar-refractivity contribution is 6.30. The van der Waals surface area contributed by atoms with E-state index in [4.69, 9.17) is 22.1 Å². The molecule has 0 saturated carbocycles. The third-order valence-corrected chi connectivity index (χ3v) is 2.62. The molecule has 0 aliphatic rings. The lowest BCUT2D eigenvalue weighted by Crippen LogP contribution is -1.89. The van der Waals surface area contributed by atoms with Gasteiger partial charge in [0.05, 0.1) is 7.11 Å². The molecule has 0 amide bonds. The summed E-state index contributed by atoms with van der Waals surface area (Å²) >= 11 is 5.91. The molecule has 2 rings (SSSR count). The molecule has 0 saturated heterocycles. The topological polar surface area (TPSA) is 35.2 Å². The molecule has 0 bridgehead atoms. The molecule has 0 aliphatic heterocycles. The summed E-state index contributed by atoms with van der Waals surface area (Å²) in [5.74, 6) is 0.761. The summed E-state index contributed by atoms with van der Waals surface area (Å²) in [5, 5.41) is 0.663. The largest absolute Gasteiger partial charge is 0.496 e. The molecule has 0 spiro atoms. The minimum absolute atomic E-state index is 0.663. The molecular weight excluding hydrogens is 222 g/mol. The van der Waals surface area contributed by atoms with Crippen LogP contribution in [0.15, 0.2) is 42.5 Å². The molecule has 0 unspecified atom stereocenters. The summed E-state index contributed by atoms with van der Waals surface area (Å²) in [7, 11) is 1.63. The van der Waals surface area contributed by atoms with E-state index in [2.05, 4.69) is 0 Å². The Morgan fingerprint density at radius 3 is 2.38 bits per heavy atom. The lowest BCUT2D eigenvalue weighted by Gasteiger charge is -2.09. The molecule has 82 valence electrons. The van der Waals surface area contributed by atoms with Gasteiger partial charge in [-0.1, -0.05) is 23.7 Å². The predicted molar refractivity (Wildman–Crippen MR) is 67.9 cm³/mol. The van der Waals surface area contributed by atoms with Crippen molar-refractivity contribution in [1.82, 2.24) is 0 Å². The molecule has 16 heavy (non-hydrogen) atoms. The Morgan fingerprint density at radius 1 is 1.06 bits per heavy atom. The van der Waals surface area contributed by atoms with Gasteiger partial charge >= 0.3 is 0 Å². The second-order valence-electron chi connectivity index (χ2n) is 3.47. The second-order valence-corrected chi connectivity index (χ2v) is 3.90. The number of hydrogen-bond acceptors (Lipinski definition) is 2. The van der Waals surface area contributed by atoms with E-state index in [1.807, 2.05) is 36.4 Å². The van der Waals surface area contributed by atoms with Gasteiger partial charge in [-0.3, -0.25) is 0 Å².